The summed E-state index contributed by atoms with van der Waals surface area (Å²) in [5.74, 6) is 1.17. The molecule has 0 aromatic heterocycles. The first-order chi connectivity index (χ1) is 9.75. The van der Waals surface area contributed by atoms with Crippen molar-refractivity contribution >= 4 is 23.4 Å². The van der Waals surface area contributed by atoms with Crippen molar-refractivity contribution in [2.75, 3.05) is 5.75 Å². The average Bonchev–Trinajstić information content (AvgIpc) is 2.48. The Balaban J connectivity index is 1.81. The van der Waals surface area contributed by atoms with Gasteiger partial charge >= 0.3 is 0 Å². The van der Waals surface area contributed by atoms with Crippen molar-refractivity contribution in [3.63, 3.8) is 0 Å². The largest absolute Gasteiger partial charge is 0.303 e. The molecule has 20 heavy (non-hydrogen) atoms. The number of hydrogen-bond donors (Lipinski definition) is 1. The first-order valence-electron chi connectivity index (χ1n) is 6.98. The number of fused-ring (bicyclic) bond motifs is 1. The first-order valence-corrected chi connectivity index (χ1v) is 8.34. The number of halogens is 1. The van der Waals surface area contributed by atoms with Gasteiger partial charge < -0.3 is 5.32 Å². The van der Waals surface area contributed by atoms with Gasteiger partial charge in [-0.15, -0.1) is 11.8 Å². The molecule has 0 fully saturated rings. The van der Waals surface area contributed by atoms with Crippen LogP contribution in [0.3, 0.4) is 0 Å². The summed E-state index contributed by atoms with van der Waals surface area (Å²) < 4.78 is 0. The number of rotatable bonds is 3. The molecular weight excluding hydrogens is 286 g/mol. The number of thioether (sulfide) groups is 1. The molecule has 1 aliphatic heterocycles. The van der Waals surface area contributed by atoms with Crippen LogP contribution in [0.15, 0.2) is 53.4 Å². The van der Waals surface area contributed by atoms with Gasteiger partial charge in [-0.1, -0.05) is 48.0 Å². The van der Waals surface area contributed by atoms with Crippen molar-refractivity contribution in [3.8, 4) is 0 Å². The van der Waals surface area contributed by atoms with E-state index in [1.807, 2.05) is 30.0 Å². The third kappa shape index (κ3) is 2.88. The Labute approximate surface area is 129 Å². The monoisotopic (exact) mass is 303 g/mol. The Morgan fingerprint density at radius 2 is 1.90 bits per heavy atom. The van der Waals surface area contributed by atoms with Crippen LogP contribution >= 0.6 is 23.4 Å². The molecule has 0 saturated carbocycles. The van der Waals surface area contributed by atoms with Crippen molar-refractivity contribution in [3.05, 3.63) is 64.7 Å². The highest BCUT2D eigenvalue weighted by atomic mass is 35.5. The summed E-state index contributed by atoms with van der Waals surface area (Å²) in [7, 11) is 0. The highest BCUT2D eigenvalue weighted by Gasteiger charge is 2.22. The van der Waals surface area contributed by atoms with Gasteiger partial charge in [-0.3, -0.25) is 0 Å². The molecule has 3 heteroatoms. The zero-order valence-corrected chi connectivity index (χ0v) is 13.0. The predicted octanol–water partition coefficient (Wildman–Crippen LogP) is 5.23. The van der Waals surface area contributed by atoms with E-state index >= 15 is 0 Å². The van der Waals surface area contributed by atoms with Gasteiger partial charge in [0, 0.05) is 22.0 Å². The highest BCUT2D eigenvalue weighted by molar-refractivity contribution is 7.99. The predicted molar refractivity (Wildman–Crippen MR) is 87.5 cm³/mol. The fourth-order valence-corrected chi connectivity index (χ4v) is 4.16. The van der Waals surface area contributed by atoms with Gasteiger partial charge in [-0.05, 0) is 42.4 Å². The van der Waals surface area contributed by atoms with Gasteiger partial charge in [0.15, 0.2) is 0 Å². The van der Waals surface area contributed by atoms with Crippen LogP contribution in [0, 0.1) is 0 Å². The fraction of sp³-hybridized carbons (Fsp3) is 0.294. The third-order valence-electron chi connectivity index (χ3n) is 3.78. The summed E-state index contributed by atoms with van der Waals surface area (Å²) >= 11 is 8.25. The Kier molecular flexibility index (Phi) is 4.35. The van der Waals surface area contributed by atoms with E-state index in [-0.39, 0.29) is 6.04 Å². The molecule has 2 atom stereocenters. The quantitative estimate of drug-likeness (QED) is 0.833. The van der Waals surface area contributed by atoms with Crippen molar-refractivity contribution < 1.29 is 0 Å². The van der Waals surface area contributed by atoms with Crippen LogP contribution in [0.2, 0.25) is 5.02 Å². The topological polar surface area (TPSA) is 12.0 Å². The van der Waals surface area contributed by atoms with Crippen molar-refractivity contribution in [1.29, 1.82) is 0 Å². The average molecular weight is 304 g/mol. The molecule has 0 saturated heterocycles. The minimum Gasteiger partial charge on any atom is -0.303 e. The molecule has 0 aliphatic carbocycles. The normalized spacial score (nSPS) is 19.4. The SMILES string of the molecule is C[C@@H](NC1CCSc2ccccc21)c1ccccc1Cl. The van der Waals surface area contributed by atoms with E-state index in [0.29, 0.717) is 6.04 Å². The number of hydrogen-bond acceptors (Lipinski definition) is 2. The lowest BCUT2D eigenvalue weighted by atomic mass is 10.0. The summed E-state index contributed by atoms with van der Waals surface area (Å²) in [5, 5.41) is 4.57. The van der Waals surface area contributed by atoms with Gasteiger partial charge in [0.05, 0.1) is 0 Å². The van der Waals surface area contributed by atoms with Crippen LogP contribution in [-0.4, -0.2) is 5.75 Å². The maximum Gasteiger partial charge on any atom is 0.0453 e. The maximum absolute atomic E-state index is 6.29. The molecule has 1 nitrogen and oxygen atoms in total. The summed E-state index contributed by atoms with van der Waals surface area (Å²) in [5.41, 5.74) is 2.59. The minimum absolute atomic E-state index is 0.254. The Morgan fingerprint density at radius 1 is 1.15 bits per heavy atom. The molecule has 1 aliphatic rings. The zero-order valence-electron chi connectivity index (χ0n) is 11.5. The fourth-order valence-electron chi connectivity index (χ4n) is 2.73. The molecule has 1 unspecified atom stereocenters. The Bertz CT molecular complexity index is 599. The van der Waals surface area contributed by atoms with Crippen LogP contribution in [0.1, 0.15) is 36.6 Å². The van der Waals surface area contributed by atoms with E-state index in [9.17, 15) is 0 Å². The van der Waals surface area contributed by atoms with E-state index in [0.717, 1.165) is 11.4 Å². The van der Waals surface area contributed by atoms with Gasteiger partial charge in [-0.25, -0.2) is 0 Å². The van der Waals surface area contributed by atoms with Gasteiger partial charge in [0.2, 0.25) is 0 Å². The molecule has 0 amide bonds. The van der Waals surface area contributed by atoms with Crippen LogP contribution in [0.4, 0.5) is 0 Å². The number of benzene rings is 2. The minimum atomic E-state index is 0.254. The van der Waals surface area contributed by atoms with E-state index in [4.69, 9.17) is 11.6 Å². The molecule has 0 bridgehead atoms. The molecule has 0 spiro atoms. The second-order valence-corrected chi connectivity index (χ2v) is 6.68. The summed E-state index contributed by atoms with van der Waals surface area (Å²) in [6.45, 7) is 2.19. The standard InChI is InChI=1S/C17H18ClNS/c1-12(13-6-2-4-8-15(13)18)19-16-10-11-20-17-9-5-3-7-14(16)17/h2-9,12,16,19H,10-11H2,1H3/t12-,16?/m1/s1. The number of nitrogens with one attached hydrogen (secondary N) is 1. The van der Waals surface area contributed by atoms with Crippen LogP contribution in [0.25, 0.3) is 0 Å². The van der Waals surface area contributed by atoms with E-state index in [2.05, 4.69) is 42.6 Å². The lowest BCUT2D eigenvalue weighted by molar-refractivity contribution is 0.450. The smallest absolute Gasteiger partial charge is 0.0453 e. The lowest BCUT2D eigenvalue weighted by Gasteiger charge is -2.29. The molecule has 0 radical (unpaired) electrons. The third-order valence-corrected chi connectivity index (χ3v) is 5.25. The van der Waals surface area contributed by atoms with Crippen LogP contribution in [-0.2, 0) is 0 Å². The maximum atomic E-state index is 6.29. The second-order valence-electron chi connectivity index (χ2n) is 5.14. The molecule has 2 aromatic carbocycles. The second kappa shape index (κ2) is 6.21. The summed E-state index contributed by atoms with van der Waals surface area (Å²) in [6.07, 6.45) is 1.16. The molecule has 3 rings (SSSR count). The van der Waals surface area contributed by atoms with E-state index < -0.39 is 0 Å². The van der Waals surface area contributed by atoms with Crippen molar-refractivity contribution in [2.24, 2.45) is 0 Å². The molecule has 2 aromatic rings. The molecule has 1 heterocycles. The van der Waals surface area contributed by atoms with Crippen molar-refractivity contribution in [2.45, 2.75) is 30.3 Å². The lowest BCUT2D eigenvalue weighted by Crippen LogP contribution is -2.27. The zero-order chi connectivity index (χ0) is 13.9. The Hall–Kier alpha value is -0.960. The van der Waals surface area contributed by atoms with Crippen LogP contribution < -0.4 is 5.32 Å². The molecule has 104 valence electrons. The van der Waals surface area contributed by atoms with E-state index in [1.54, 1.807) is 0 Å². The first kappa shape index (κ1) is 14.0. The van der Waals surface area contributed by atoms with Gasteiger partial charge in [-0.2, -0.15) is 0 Å². The van der Waals surface area contributed by atoms with Crippen molar-refractivity contribution in [1.82, 2.24) is 5.32 Å². The van der Waals surface area contributed by atoms with Gasteiger partial charge in [0.1, 0.15) is 0 Å². The van der Waals surface area contributed by atoms with E-state index in [1.165, 1.54) is 21.8 Å². The molecular formula is C17H18ClNS. The summed E-state index contributed by atoms with van der Waals surface area (Å²) in [6, 6.07) is 17.4. The Morgan fingerprint density at radius 3 is 2.75 bits per heavy atom. The summed E-state index contributed by atoms with van der Waals surface area (Å²) in [4.78, 5) is 1.41. The molecule has 1 N–H and O–H groups in total. The van der Waals surface area contributed by atoms with Crippen LogP contribution in [0.5, 0.6) is 0 Å². The highest BCUT2D eigenvalue weighted by Crippen LogP contribution is 2.37. The van der Waals surface area contributed by atoms with Gasteiger partial charge in [0.25, 0.3) is 0 Å².